The molecule has 0 amide bonds. The predicted molar refractivity (Wildman–Crippen MR) is 65.8 cm³/mol. The minimum Gasteiger partial charge on any atom is -0.512 e. The number of allylic oxidation sites excluding steroid dienone is 4. The van der Waals surface area contributed by atoms with Crippen molar-refractivity contribution in [3.05, 3.63) is 23.0 Å². The van der Waals surface area contributed by atoms with Crippen LogP contribution in [0.5, 0.6) is 0 Å². The van der Waals surface area contributed by atoms with Gasteiger partial charge in [-0.2, -0.15) is 0 Å². The highest BCUT2D eigenvalue weighted by atomic mass is 16.3. The first kappa shape index (κ1) is 12.4. The maximum atomic E-state index is 10.3. The third-order valence-electron chi connectivity index (χ3n) is 3.17. The molecule has 1 N–H and O–H groups in total. The van der Waals surface area contributed by atoms with Crippen LogP contribution in [0.25, 0.3) is 0 Å². The van der Waals surface area contributed by atoms with Gasteiger partial charge in [0.2, 0.25) is 0 Å². The van der Waals surface area contributed by atoms with Crippen molar-refractivity contribution in [2.75, 3.05) is 0 Å². The Bertz CT molecular complexity index is 300. The zero-order valence-electron chi connectivity index (χ0n) is 10.9. The highest BCUT2D eigenvalue weighted by Gasteiger charge is 2.29. The molecular formula is C14H24O. The zero-order chi connectivity index (χ0) is 11.8. The molecule has 1 unspecified atom stereocenters. The standard InChI is InChI=1S/C14H24O/c1-9(2)11-7-10(3)8-12(13(11)15)14(4,5)6/h8-9,11,15H,7H2,1-6H3. The Hall–Kier alpha value is -0.720. The monoisotopic (exact) mass is 208 g/mol. The van der Waals surface area contributed by atoms with E-state index in [9.17, 15) is 5.11 Å². The second-order valence-electron chi connectivity index (χ2n) is 6.09. The smallest absolute Gasteiger partial charge is 0.0996 e. The van der Waals surface area contributed by atoms with Gasteiger partial charge < -0.3 is 5.11 Å². The van der Waals surface area contributed by atoms with Crippen LogP contribution >= 0.6 is 0 Å². The van der Waals surface area contributed by atoms with E-state index in [1.165, 1.54) is 5.57 Å². The molecule has 0 saturated carbocycles. The first-order valence-corrected chi connectivity index (χ1v) is 5.84. The van der Waals surface area contributed by atoms with Gasteiger partial charge in [0.1, 0.15) is 0 Å². The van der Waals surface area contributed by atoms with Gasteiger partial charge in [0.05, 0.1) is 5.76 Å². The molecule has 1 rings (SSSR count). The third-order valence-corrected chi connectivity index (χ3v) is 3.17. The summed E-state index contributed by atoms with van der Waals surface area (Å²) in [5.41, 5.74) is 2.54. The molecule has 1 atom stereocenters. The van der Waals surface area contributed by atoms with Crippen molar-refractivity contribution in [1.29, 1.82) is 0 Å². The summed E-state index contributed by atoms with van der Waals surface area (Å²) in [4.78, 5) is 0. The van der Waals surface area contributed by atoms with E-state index < -0.39 is 0 Å². The van der Waals surface area contributed by atoms with Crippen LogP contribution in [0.15, 0.2) is 23.0 Å². The Morgan fingerprint density at radius 3 is 2.27 bits per heavy atom. The summed E-state index contributed by atoms with van der Waals surface area (Å²) >= 11 is 0. The Balaban J connectivity index is 3.15. The van der Waals surface area contributed by atoms with E-state index in [2.05, 4.69) is 47.6 Å². The molecule has 0 heterocycles. The van der Waals surface area contributed by atoms with Crippen LogP contribution in [0.2, 0.25) is 0 Å². The van der Waals surface area contributed by atoms with E-state index in [4.69, 9.17) is 0 Å². The van der Waals surface area contributed by atoms with Crippen LogP contribution in [0, 0.1) is 17.3 Å². The van der Waals surface area contributed by atoms with Gasteiger partial charge in [0.25, 0.3) is 0 Å². The molecule has 0 aromatic heterocycles. The fraction of sp³-hybridized carbons (Fsp3) is 0.714. The Morgan fingerprint density at radius 2 is 1.87 bits per heavy atom. The fourth-order valence-electron chi connectivity index (χ4n) is 2.17. The first-order chi connectivity index (χ1) is 6.73. The summed E-state index contributed by atoms with van der Waals surface area (Å²) in [5, 5.41) is 10.3. The van der Waals surface area contributed by atoms with Gasteiger partial charge in [0.15, 0.2) is 0 Å². The van der Waals surface area contributed by atoms with Crippen LogP contribution in [-0.2, 0) is 0 Å². The van der Waals surface area contributed by atoms with Crippen LogP contribution in [0.4, 0.5) is 0 Å². The van der Waals surface area contributed by atoms with E-state index in [1.807, 2.05) is 0 Å². The van der Waals surface area contributed by atoms with E-state index in [0.717, 1.165) is 12.0 Å². The molecule has 0 spiro atoms. The van der Waals surface area contributed by atoms with Crippen LogP contribution in [0.3, 0.4) is 0 Å². The van der Waals surface area contributed by atoms with Crippen molar-refractivity contribution in [2.45, 2.75) is 48.0 Å². The second kappa shape index (κ2) is 4.03. The van der Waals surface area contributed by atoms with Gasteiger partial charge in [-0.15, -0.1) is 0 Å². The number of hydrogen-bond donors (Lipinski definition) is 1. The van der Waals surface area contributed by atoms with Gasteiger partial charge in [-0.3, -0.25) is 0 Å². The van der Waals surface area contributed by atoms with Crippen LogP contribution in [-0.4, -0.2) is 5.11 Å². The molecule has 15 heavy (non-hydrogen) atoms. The number of aliphatic hydroxyl groups is 1. The lowest BCUT2D eigenvalue weighted by Crippen LogP contribution is -2.22. The van der Waals surface area contributed by atoms with Gasteiger partial charge >= 0.3 is 0 Å². The molecular weight excluding hydrogens is 184 g/mol. The Kier molecular flexibility index (Phi) is 3.32. The van der Waals surface area contributed by atoms with Crippen molar-refractivity contribution in [3.8, 4) is 0 Å². The summed E-state index contributed by atoms with van der Waals surface area (Å²) in [6, 6.07) is 0. The summed E-state index contributed by atoms with van der Waals surface area (Å²) < 4.78 is 0. The molecule has 1 aliphatic carbocycles. The SMILES string of the molecule is CC1=CC(C(C)(C)C)=C(O)C(C(C)C)C1. The van der Waals surface area contributed by atoms with E-state index in [-0.39, 0.29) is 5.41 Å². The highest BCUT2D eigenvalue weighted by molar-refractivity contribution is 5.35. The van der Waals surface area contributed by atoms with Gasteiger partial charge in [-0.25, -0.2) is 0 Å². The summed E-state index contributed by atoms with van der Waals surface area (Å²) in [6.45, 7) is 13.0. The molecule has 1 nitrogen and oxygen atoms in total. The quantitative estimate of drug-likeness (QED) is 0.674. The van der Waals surface area contributed by atoms with Crippen molar-refractivity contribution in [2.24, 2.45) is 17.3 Å². The molecule has 0 saturated heterocycles. The fourth-order valence-corrected chi connectivity index (χ4v) is 2.17. The topological polar surface area (TPSA) is 20.2 Å². The molecule has 0 aromatic rings. The zero-order valence-corrected chi connectivity index (χ0v) is 10.9. The molecule has 0 aliphatic heterocycles. The molecule has 1 heteroatoms. The van der Waals surface area contributed by atoms with Crippen LogP contribution < -0.4 is 0 Å². The molecule has 0 aromatic carbocycles. The lowest BCUT2D eigenvalue weighted by molar-refractivity contribution is 0.258. The maximum absolute atomic E-state index is 10.3. The van der Waals surface area contributed by atoms with Gasteiger partial charge in [-0.05, 0) is 30.3 Å². The first-order valence-electron chi connectivity index (χ1n) is 5.84. The number of aliphatic hydroxyl groups excluding tert-OH is 1. The largest absolute Gasteiger partial charge is 0.512 e. The molecule has 0 radical (unpaired) electrons. The Labute approximate surface area is 93.9 Å². The molecule has 0 bridgehead atoms. The van der Waals surface area contributed by atoms with Gasteiger partial charge in [-0.1, -0.05) is 46.3 Å². The molecule has 0 fully saturated rings. The molecule has 86 valence electrons. The normalized spacial score (nSPS) is 23.4. The second-order valence-corrected chi connectivity index (χ2v) is 6.09. The average Bonchev–Trinajstić information content (AvgIpc) is 2.06. The minimum absolute atomic E-state index is 0.0406. The summed E-state index contributed by atoms with van der Waals surface area (Å²) in [5.74, 6) is 1.43. The van der Waals surface area contributed by atoms with E-state index in [0.29, 0.717) is 17.6 Å². The molecule has 1 aliphatic rings. The number of rotatable bonds is 1. The third kappa shape index (κ3) is 2.64. The lowest BCUT2D eigenvalue weighted by Gasteiger charge is -2.32. The minimum atomic E-state index is 0.0406. The number of hydrogen-bond acceptors (Lipinski definition) is 1. The lowest BCUT2D eigenvalue weighted by atomic mass is 9.75. The van der Waals surface area contributed by atoms with E-state index in [1.54, 1.807) is 0 Å². The van der Waals surface area contributed by atoms with Gasteiger partial charge in [0, 0.05) is 5.92 Å². The van der Waals surface area contributed by atoms with Crippen molar-refractivity contribution in [1.82, 2.24) is 0 Å². The Morgan fingerprint density at radius 1 is 1.33 bits per heavy atom. The predicted octanol–water partition coefficient (Wildman–Crippen LogP) is 4.47. The van der Waals surface area contributed by atoms with Crippen molar-refractivity contribution < 1.29 is 5.11 Å². The average molecular weight is 208 g/mol. The van der Waals surface area contributed by atoms with E-state index >= 15 is 0 Å². The van der Waals surface area contributed by atoms with Crippen molar-refractivity contribution >= 4 is 0 Å². The maximum Gasteiger partial charge on any atom is 0.0996 e. The highest BCUT2D eigenvalue weighted by Crippen LogP contribution is 2.39. The summed E-state index contributed by atoms with van der Waals surface area (Å²) in [7, 11) is 0. The van der Waals surface area contributed by atoms with Crippen molar-refractivity contribution in [3.63, 3.8) is 0 Å². The summed E-state index contributed by atoms with van der Waals surface area (Å²) in [6.07, 6.45) is 3.16. The van der Waals surface area contributed by atoms with Crippen LogP contribution in [0.1, 0.15) is 48.0 Å².